The van der Waals surface area contributed by atoms with Gasteiger partial charge in [-0.05, 0) is 32.8 Å². The molecule has 118 valence electrons. The SMILES string of the molecule is Cc1cc(C)n2nc(C(=O)N(CC(F)(F)F)C3CC3)nc2n1. The Labute approximate surface area is 124 Å². The van der Waals surface area contributed by atoms with Crippen molar-refractivity contribution in [3.8, 4) is 0 Å². The Morgan fingerprint density at radius 3 is 2.64 bits per heavy atom. The molecule has 1 aliphatic rings. The third-order valence-electron chi connectivity index (χ3n) is 3.41. The van der Waals surface area contributed by atoms with Gasteiger partial charge in [0.05, 0.1) is 0 Å². The molecule has 3 rings (SSSR count). The molecule has 2 aromatic rings. The van der Waals surface area contributed by atoms with Gasteiger partial charge in [-0.1, -0.05) is 0 Å². The van der Waals surface area contributed by atoms with Gasteiger partial charge in [-0.15, -0.1) is 5.10 Å². The van der Waals surface area contributed by atoms with E-state index >= 15 is 0 Å². The van der Waals surface area contributed by atoms with Crippen LogP contribution in [0.2, 0.25) is 0 Å². The molecule has 0 unspecified atom stereocenters. The van der Waals surface area contributed by atoms with Crippen LogP contribution in [0.15, 0.2) is 6.07 Å². The monoisotopic (exact) mass is 313 g/mol. The molecular weight excluding hydrogens is 299 g/mol. The molecule has 0 saturated heterocycles. The number of hydrogen-bond acceptors (Lipinski definition) is 4. The van der Waals surface area contributed by atoms with Gasteiger partial charge < -0.3 is 4.90 Å². The van der Waals surface area contributed by atoms with E-state index in [9.17, 15) is 18.0 Å². The van der Waals surface area contributed by atoms with E-state index in [0.29, 0.717) is 24.2 Å². The van der Waals surface area contributed by atoms with E-state index in [-0.39, 0.29) is 17.6 Å². The quantitative estimate of drug-likeness (QED) is 0.868. The number of halogens is 3. The van der Waals surface area contributed by atoms with Crippen LogP contribution in [0.3, 0.4) is 0 Å². The van der Waals surface area contributed by atoms with Crippen LogP contribution in [-0.2, 0) is 0 Å². The number of fused-ring (bicyclic) bond motifs is 1. The largest absolute Gasteiger partial charge is 0.406 e. The summed E-state index contributed by atoms with van der Waals surface area (Å²) in [4.78, 5) is 21.2. The van der Waals surface area contributed by atoms with Crippen molar-refractivity contribution in [3.05, 3.63) is 23.3 Å². The van der Waals surface area contributed by atoms with Crippen LogP contribution in [0, 0.1) is 13.8 Å². The van der Waals surface area contributed by atoms with E-state index in [1.54, 1.807) is 19.9 Å². The van der Waals surface area contributed by atoms with Gasteiger partial charge in [0, 0.05) is 17.4 Å². The van der Waals surface area contributed by atoms with Crippen LogP contribution in [0.4, 0.5) is 13.2 Å². The number of rotatable bonds is 3. The molecule has 22 heavy (non-hydrogen) atoms. The van der Waals surface area contributed by atoms with Gasteiger partial charge in [-0.3, -0.25) is 4.79 Å². The average molecular weight is 313 g/mol. The first-order valence-corrected chi connectivity index (χ1v) is 6.83. The zero-order chi connectivity index (χ0) is 16.1. The second-order valence-corrected chi connectivity index (χ2v) is 5.47. The van der Waals surface area contributed by atoms with Crippen molar-refractivity contribution in [3.63, 3.8) is 0 Å². The fourth-order valence-corrected chi connectivity index (χ4v) is 2.33. The molecule has 0 bridgehead atoms. The smallest absolute Gasteiger partial charge is 0.324 e. The van der Waals surface area contributed by atoms with Gasteiger partial charge in [-0.2, -0.15) is 18.2 Å². The van der Waals surface area contributed by atoms with Crippen molar-refractivity contribution in [2.24, 2.45) is 0 Å². The molecule has 1 saturated carbocycles. The summed E-state index contributed by atoms with van der Waals surface area (Å²) in [6, 6.07) is 1.38. The number of aromatic nitrogens is 4. The minimum Gasteiger partial charge on any atom is -0.324 e. The Morgan fingerprint density at radius 2 is 2.05 bits per heavy atom. The summed E-state index contributed by atoms with van der Waals surface area (Å²) in [5, 5.41) is 4.00. The van der Waals surface area contributed by atoms with E-state index in [1.807, 2.05) is 0 Å². The molecule has 0 N–H and O–H groups in total. The molecule has 0 radical (unpaired) electrons. The third-order valence-corrected chi connectivity index (χ3v) is 3.41. The lowest BCUT2D eigenvalue weighted by Gasteiger charge is -2.22. The zero-order valence-corrected chi connectivity index (χ0v) is 12.1. The average Bonchev–Trinajstić information content (AvgIpc) is 3.14. The molecule has 1 fully saturated rings. The molecule has 2 heterocycles. The van der Waals surface area contributed by atoms with E-state index < -0.39 is 18.6 Å². The third kappa shape index (κ3) is 2.88. The van der Waals surface area contributed by atoms with Gasteiger partial charge in [0.1, 0.15) is 6.54 Å². The predicted molar refractivity (Wildman–Crippen MR) is 70.4 cm³/mol. The fourth-order valence-electron chi connectivity index (χ4n) is 2.33. The highest BCUT2D eigenvalue weighted by atomic mass is 19.4. The van der Waals surface area contributed by atoms with E-state index in [1.165, 1.54) is 4.52 Å². The lowest BCUT2D eigenvalue weighted by atomic mass is 10.4. The molecule has 0 spiro atoms. The fraction of sp³-hybridized carbons (Fsp3) is 0.538. The van der Waals surface area contributed by atoms with Gasteiger partial charge in [-0.25, -0.2) is 9.50 Å². The van der Waals surface area contributed by atoms with Crippen molar-refractivity contribution < 1.29 is 18.0 Å². The van der Waals surface area contributed by atoms with Crippen LogP contribution in [0.25, 0.3) is 5.78 Å². The maximum absolute atomic E-state index is 12.6. The summed E-state index contributed by atoms with van der Waals surface area (Å²) in [5.41, 5.74) is 1.41. The number of aryl methyl sites for hydroxylation is 2. The van der Waals surface area contributed by atoms with Crippen molar-refractivity contribution in [2.45, 2.75) is 38.9 Å². The lowest BCUT2D eigenvalue weighted by molar-refractivity contribution is -0.141. The van der Waals surface area contributed by atoms with Crippen molar-refractivity contribution in [1.82, 2.24) is 24.5 Å². The normalized spacial score (nSPS) is 15.3. The second kappa shape index (κ2) is 4.92. The highest BCUT2D eigenvalue weighted by Crippen LogP contribution is 2.31. The Balaban J connectivity index is 1.95. The Kier molecular flexibility index (Phi) is 3.30. The Hall–Kier alpha value is -2.19. The first-order valence-electron chi connectivity index (χ1n) is 6.83. The molecule has 6 nitrogen and oxygen atoms in total. The number of carbonyl (C=O) groups is 1. The van der Waals surface area contributed by atoms with Gasteiger partial charge >= 0.3 is 6.18 Å². The van der Waals surface area contributed by atoms with E-state index in [4.69, 9.17) is 0 Å². The van der Waals surface area contributed by atoms with E-state index in [0.717, 1.165) is 4.90 Å². The summed E-state index contributed by atoms with van der Waals surface area (Å²) >= 11 is 0. The zero-order valence-electron chi connectivity index (χ0n) is 12.1. The van der Waals surface area contributed by atoms with Crippen LogP contribution in [-0.4, -0.2) is 49.2 Å². The summed E-state index contributed by atoms with van der Waals surface area (Å²) in [7, 11) is 0. The summed E-state index contributed by atoms with van der Waals surface area (Å²) in [5.74, 6) is -0.844. The number of hydrogen-bond donors (Lipinski definition) is 0. The first kappa shape index (κ1) is 14.7. The molecular formula is C13H14F3N5O. The van der Waals surface area contributed by atoms with Crippen molar-refractivity contribution in [2.75, 3.05) is 6.54 Å². The molecule has 9 heteroatoms. The second-order valence-electron chi connectivity index (χ2n) is 5.47. The maximum atomic E-state index is 12.6. The molecule has 0 aliphatic heterocycles. The number of carbonyl (C=O) groups excluding carboxylic acids is 1. The van der Waals surface area contributed by atoms with Gasteiger partial charge in [0.15, 0.2) is 0 Å². The molecule has 0 aromatic carbocycles. The minimum absolute atomic E-state index is 0.212. The van der Waals surface area contributed by atoms with Crippen LogP contribution in [0.5, 0.6) is 0 Å². The molecule has 0 atom stereocenters. The minimum atomic E-state index is -4.44. The first-order chi connectivity index (χ1) is 10.2. The van der Waals surface area contributed by atoms with Crippen molar-refractivity contribution >= 4 is 11.7 Å². The Morgan fingerprint density at radius 1 is 1.36 bits per heavy atom. The topological polar surface area (TPSA) is 63.4 Å². The molecule has 1 amide bonds. The Bertz CT molecular complexity index is 735. The molecule has 1 aliphatic carbocycles. The summed E-state index contributed by atoms with van der Waals surface area (Å²) < 4.78 is 39.3. The lowest BCUT2D eigenvalue weighted by Crippen LogP contribution is -2.41. The number of nitrogens with zero attached hydrogens (tertiary/aromatic N) is 5. The van der Waals surface area contributed by atoms with Crippen LogP contribution in [0.1, 0.15) is 34.8 Å². The number of amides is 1. The molecule has 2 aromatic heterocycles. The van der Waals surface area contributed by atoms with Crippen molar-refractivity contribution in [1.29, 1.82) is 0 Å². The highest BCUT2D eigenvalue weighted by molar-refractivity contribution is 5.91. The predicted octanol–water partition coefficient (Wildman–Crippen LogP) is 1.91. The summed E-state index contributed by atoms with van der Waals surface area (Å²) in [6.45, 7) is 2.25. The number of alkyl halides is 3. The van der Waals surface area contributed by atoms with Gasteiger partial charge in [0.25, 0.3) is 11.7 Å². The standard InChI is InChI=1S/C13H14F3N5O/c1-7-5-8(2)21-12(17-7)18-10(19-21)11(22)20(9-3-4-9)6-13(14,15)16/h5,9H,3-4,6H2,1-2H3. The van der Waals surface area contributed by atoms with Crippen LogP contribution < -0.4 is 0 Å². The van der Waals surface area contributed by atoms with Gasteiger partial charge in [0.2, 0.25) is 5.82 Å². The maximum Gasteiger partial charge on any atom is 0.406 e. The highest BCUT2D eigenvalue weighted by Gasteiger charge is 2.42. The van der Waals surface area contributed by atoms with Crippen LogP contribution >= 0.6 is 0 Å². The summed E-state index contributed by atoms with van der Waals surface area (Å²) in [6.07, 6.45) is -3.29. The van der Waals surface area contributed by atoms with E-state index in [2.05, 4.69) is 15.1 Å².